The largest absolute Gasteiger partial charge is 0.445 e. The number of rotatable bonds is 7. The molecule has 0 saturated heterocycles. The molecule has 0 aliphatic heterocycles. The van der Waals surface area contributed by atoms with E-state index in [1.165, 1.54) is 0 Å². The Morgan fingerprint density at radius 3 is 2.76 bits per heavy atom. The number of alkyl carbamates (subject to hydrolysis) is 1. The molecule has 1 amide bonds. The van der Waals surface area contributed by atoms with E-state index in [2.05, 4.69) is 46.2 Å². The molecular weight excluding hydrogens is 426 g/mol. The number of imidazole rings is 1. The summed E-state index contributed by atoms with van der Waals surface area (Å²) >= 11 is 0. The van der Waals surface area contributed by atoms with E-state index >= 15 is 0 Å². The first-order chi connectivity index (χ1) is 16.6. The summed E-state index contributed by atoms with van der Waals surface area (Å²) in [5.74, 6) is 1.08. The highest BCUT2D eigenvalue weighted by Gasteiger charge is 2.21. The standard InChI is InChI=1S/C27H27N5O2/c1-17(2)14-24(32-27(33)34-16-18-6-4-3-5-7-18)26-30-22-9-8-19(15-23(22)31-26)20-10-12-28-25-21(20)11-13-29-25/h3-13,15,17,24H,14,16H2,1-2H3,(H,28,29)(H,30,31)(H,32,33)/t24-/m1/s1. The van der Waals surface area contributed by atoms with Gasteiger partial charge in [-0.25, -0.2) is 14.8 Å². The van der Waals surface area contributed by atoms with Crippen molar-refractivity contribution in [3.8, 4) is 11.1 Å². The van der Waals surface area contributed by atoms with Crippen LogP contribution in [0.3, 0.4) is 0 Å². The Morgan fingerprint density at radius 2 is 1.94 bits per heavy atom. The molecule has 3 N–H and O–H groups in total. The first kappa shape index (κ1) is 21.7. The third kappa shape index (κ3) is 4.64. The molecule has 5 rings (SSSR count). The van der Waals surface area contributed by atoms with Gasteiger partial charge in [0.25, 0.3) is 0 Å². The summed E-state index contributed by atoms with van der Waals surface area (Å²) in [6.07, 6.45) is 3.98. The monoisotopic (exact) mass is 453 g/mol. The summed E-state index contributed by atoms with van der Waals surface area (Å²) in [7, 11) is 0. The summed E-state index contributed by atoms with van der Waals surface area (Å²) in [6, 6.07) is 19.6. The van der Waals surface area contributed by atoms with Crippen LogP contribution in [0.1, 0.15) is 37.7 Å². The van der Waals surface area contributed by atoms with Crippen LogP contribution in [0.5, 0.6) is 0 Å². The highest BCUT2D eigenvalue weighted by molar-refractivity contribution is 5.95. The van der Waals surface area contributed by atoms with Crippen molar-refractivity contribution < 1.29 is 9.53 Å². The van der Waals surface area contributed by atoms with Gasteiger partial charge in [-0.15, -0.1) is 0 Å². The minimum absolute atomic E-state index is 0.226. The molecule has 3 heterocycles. The number of amides is 1. The van der Waals surface area contributed by atoms with E-state index in [1.54, 1.807) is 6.20 Å². The van der Waals surface area contributed by atoms with Gasteiger partial charge >= 0.3 is 6.09 Å². The van der Waals surface area contributed by atoms with Crippen LogP contribution in [-0.4, -0.2) is 26.0 Å². The number of aromatic amines is 2. The Kier molecular flexibility index (Phi) is 5.99. The van der Waals surface area contributed by atoms with Crippen molar-refractivity contribution in [3.05, 3.63) is 84.4 Å². The lowest BCUT2D eigenvalue weighted by atomic mass is 10.0. The molecule has 0 aliphatic rings. The fraction of sp³-hybridized carbons (Fsp3) is 0.222. The Hall–Kier alpha value is -4.13. The highest BCUT2D eigenvalue weighted by Crippen LogP contribution is 2.30. The zero-order valence-electron chi connectivity index (χ0n) is 19.2. The van der Waals surface area contributed by atoms with Crippen molar-refractivity contribution in [2.75, 3.05) is 0 Å². The predicted molar refractivity (Wildman–Crippen MR) is 133 cm³/mol. The van der Waals surface area contributed by atoms with Crippen LogP contribution in [0.2, 0.25) is 0 Å². The first-order valence-electron chi connectivity index (χ1n) is 11.5. The molecule has 0 aliphatic carbocycles. The zero-order chi connectivity index (χ0) is 23.5. The van der Waals surface area contributed by atoms with Gasteiger partial charge in [-0.3, -0.25) is 0 Å². The van der Waals surface area contributed by atoms with Crippen molar-refractivity contribution in [2.45, 2.75) is 32.9 Å². The normalized spacial score (nSPS) is 12.3. The van der Waals surface area contributed by atoms with Crippen LogP contribution >= 0.6 is 0 Å². The van der Waals surface area contributed by atoms with E-state index in [1.807, 2.05) is 54.7 Å². The second-order valence-electron chi connectivity index (χ2n) is 8.84. The second-order valence-corrected chi connectivity index (χ2v) is 8.84. The molecule has 7 heteroatoms. The van der Waals surface area contributed by atoms with Crippen molar-refractivity contribution in [3.63, 3.8) is 0 Å². The topological polar surface area (TPSA) is 95.7 Å². The number of benzene rings is 2. The Morgan fingerprint density at radius 1 is 1.09 bits per heavy atom. The molecular formula is C27H27N5O2. The molecule has 0 bridgehead atoms. The van der Waals surface area contributed by atoms with Crippen molar-refractivity contribution in [1.29, 1.82) is 0 Å². The van der Waals surface area contributed by atoms with E-state index < -0.39 is 6.09 Å². The lowest BCUT2D eigenvalue weighted by Gasteiger charge is -2.18. The summed E-state index contributed by atoms with van der Waals surface area (Å²) in [4.78, 5) is 28.3. The van der Waals surface area contributed by atoms with Gasteiger partial charge in [0.05, 0.1) is 17.1 Å². The minimum atomic E-state index is -0.456. The third-order valence-corrected chi connectivity index (χ3v) is 5.81. The van der Waals surface area contributed by atoms with Gasteiger partial charge in [-0.2, -0.15) is 0 Å². The molecule has 2 aromatic carbocycles. The maximum absolute atomic E-state index is 12.6. The number of nitrogens with zero attached hydrogens (tertiary/aromatic N) is 2. The second kappa shape index (κ2) is 9.39. The summed E-state index contributed by atoms with van der Waals surface area (Å²) < 4.78 is 5.45. The van der Waals surface area contributed by atoms with Gasteiger partial charge in [0, 0.05) is 17.8 Å². The van der Waals surface area contributed by atoms with Gasteiger partial charge < -0.3 is 20.0 Å². The quantitative estimate of drug-likeness (QED) is 0.277. The number of ether oxygens (including phenoxy) is 1. The molecule has 0 saturated carbocycles. The van der Waals surface area contributed by atoms with Crippen LogP contribution in [0.4, 0.5) is 4.79 Å². The average molecular weight is 454 g/mol. The highest BCUT2D eigenvalue weighted by atomic mass is 16.5. The van der Waals surface area contributed by atoms with Gasteiger partial charge in [0.1, 0.15) is 18.1 Å². The molecule has 0 unspecified atom stereocenters. The maximum atomic E-state index is 12.6. The maximum Gasteiger partial charge on any atom is 0.408 e. The van der Waals surface area contributed by atoms with E-state index in [-0.39, 0.29) is 12.6 Å². The van der Waals surface area contributed by atoms with E-state index in [0.717, 1.165) is 51.0 Å². The average Bonchev–Trinajstić information content (AvgIpc) is 3.49. The number of aromatic nitrogens is 4. The van der Waals surface area contributed by atoms with E-state index in [9.17, 15) is 4.79 Å². The number of H-pyrrole nitrogens is 2. The molecule has 5 aromatic rings. The predicted octanol–water partition coefficient (Wildman–Crippen LogP) is 6.12. The van der Waals surface area contributed by atoms with Crippen LogP contribution in [0, 0.1) is 5.92 Å². The minimum Gasteiger partial charge on any atom is -0.445 e. The summed E-state index contributed by atoms with van der Waals surface area (Å²) in [5.41, 5.74) is 5.75. The lowest BCUT2D eigenvalue weighted by Crippen LogP contribution is -2.30. The van der Waals surface area contributed by atoms with Gasteiger partial charge in [-0.1, -0.05) is 50.2 Å². The van der Waals surface area contributed by atoms with Crippen LogP contribution in [-0.2, 0) is 11.3 Å². The number of fused-ring (bicyclic) bond motifs is 2. The van der Waals surface area contributed by atoms with Gasteiger partial charge in [0.15, 0.2) is 0 Å². The fourth-order valence-electron chi connectivity index (χ4n) is 4.19. The van der Waals surface area contributed by atoms with Gasteiger partial charge in [0.2, 0.25) is 0 Å². The molecule has 172 valence electrons. The molecule has 34 heavy (non-hydrogen) atoms. The summed E-state index contributed by atoms with van der Waals surface area (Å²) in [5, 5.41) is 4.07. The lowest BCUT2D eigenvalue weighted by molar-refractivity contribution is 0.134. The van der Waals surface area contributed by atoms with Crippen molar-refractivity contribution in [2.24, 2.45) is 5.92 Å². The van der Waals surface area contributed by atoms with Crippen LogP contribution in [0.15, 0.2) is 73.1 Å². The smallest absolute Gasteiger partial charge is 0.408 e. The van der Waals surface area contributed by atoms with Crippen molar-refractivity contribution >= 4 is 28.2 Å². The number of carbonyl (C=O) groups is 1. The molecule has 0 spiro atoms. The molecule has 3 aromatic heterocycles. The Labute approximate surface area is 197 Å². The number of pyridine rings is 1. The first-order valence-corrected chi connectivity index (χ1v) is 11.5. The number of carbonyl (C=O) groups excluding carboxylic acids is 1. The van der Waals surface area contributed by atoms with Crippen LogP contribution in [0.25, 0.3) is 33.2 Å². The number of hydrogen-bond donors (Lipinski definition) is 3. The number of nitrogens with one attached hydrogen (secondary N) is 3. The van der Waals surface area contributed by atoms with E-state index in [4.69, 9.17) is 9.72 Å². The van der Waals surface area contributed by atoms with Crippen molar-refractivity contribution in [1.82, 2.24) is 25.3 Å². The van der Waals surface area contributed by atoms with Gasteiger partial charge in [-0.05, 0) is 53.3 Å². The number of hydrogen-bond acceptors (Lipinski definition) is 4. The fourth-order valence-corrected chi connectivity index (χ4v) is 4.19. The SMILES string of the molecule is CC(C)C[C@@H](NC(=O)OCc1ccccc1)c1nc2ccc(-c3ccnc4[nH]ccc34)cc2[nH]1. The Balaban J connectivity index is 1.38. The molecule has 0 fully saturated rings. The van der Waals surface area contributed by atoms with Crippen LogP contribution < -0.4 is 5.32 Å². The third-order valence-electron chi connectivity index (χ3n) is 5.81. The molecule has 1 atom stereocenters. The molecule has 0 radical (unpaired) electrons. The zero-order valence-corrected chi connectivity index (χ0v) is 19.2. The molecule has 7 nitrogen and oxygen atoms in total. The summed E-state index contributed by atoms with van der Waals surface area (Å²) in [6.45, 7) is 4.47. The van der Waals surface area contributed by atoms with E-state index in [0.29, 0.717) is 5.92 Å². The Bertz CT molecular complexity index is 1420.